The first-order valence-corrected chi connectivity index (χ1v) is 11.0. The number of hydrogen-bond donors (Lipinski definition) is 3. The van der Waals surface area contributed by atoms with Crippen molar-refractivity contribution in [3.05, 3.63) is 65.2 Å². The van der Waals surface area contributed by atoms with Gasteiger partial charge in [0.05, 0.1) is 0 Å². The Morgan fingerprint density at radius 3 is 2.23 bits per heavy atom. The number of rotatable bonds is 7. The Bertz CT molecular complexity index is 1070. The minimum atomic E-state index is -4.37. The third-order valence-corrected chi connectivity index (χ3v) is 5.33. The summed E-state index contributed by atoms with van der Waals surface area (Å²) in [6.45, 7) is 0. The van der Waals surface area contributed by atoms with Crippen molar-refractivity contribution in [3.63, 3.8) is 0 Å². The van der Waals surface area contributed by atoms with E-state index in [0.29, 0.717) is 17.7 Å². The van der Waals surface area contributed by atoms with Gasteiger partial charge in [-0.1, -0.05) is 12.1 Å². The molecule has 8 nitrogen and oxygen atoms in total. The highest BCUT2D eigenvalue weighted by atomic mass is 32.2. The van der Waals surface area contributed by atoms with Crippen LogP contribution in [0.2, 0.25) is 0 Å². The number of benzene rings is 2. The summed E-state index contributed by atoms with van der Waals surface area (Å²) in [6.07, 6.45) is 1.98. The first-order valence-electron chi connectivity index (χ1n) is 9.45. The average Bonchev–Trinajstić information content (AvgIpc) is 3.49. The molecule has 0 bridgehead atoms. The van der Waals surface area contributed by atoms with Crippen molar-refractivity contribution >= 4 is 27.8 Å². The maximum atomic E-state index is 13.6. The number of amides is 3. The second kappa shape index (κ2) is 8.98. The van der Waals surface area contributed by atoms with E-state index < -0.39 is 39.8 Å². The highest BCUT2D eigenvalue weighted by Gasteiger charge is 2.27. The third kappa shape index (κ3) is 6.46. The van der Waals surface area contributed by atoms with E-state index in [4.69, 9.17) is 5.14 Å². The van der Waals surface area contributed by atoms with Gasteiger partial charge in [0.1, 0.15) is 17.7 Å². The monoisotopic (exact) mass is 452 g/mol. The molecule has 3 rings (SSSR count). The van der Waals surface area contributed by atoms with E-state index in [2.05, 4.69) is 5.32 Å². The smallest absolute Gasteiger partial charge is 0.325 e. The third-order valence-electron chi connectivity index (χ3n) is 4.86. The van der Waals surface area contributed by atoms with Gasteiger partial charge in [0, 0.05) is 25.2 Å². The van der Waals surface area contributed by atoms with Crippen LogP contribution < -0.4 is 20.1 Å². The van der Waals surface area contributed by atoms with Crippen molar-refractivity contribution in [2.75, 3.05) is 11.9 Å². The maximum Gasteiger partial charge on any atom is 0.330 e. The van der Waals surface area contributed by atoms with Crippen LogP contribution in [0.25, 0.3) is 0 Å². The number of nitrogens with one attached hydrogen (secondary N) is 2. The summed E-state index contributed by atoms with van der Waals surface area (Å²) in [6, 6.07) is 7.49. The molecule has 166 valence electrons. The van der Waals surface area contributed by atoms with Gasteiger partial charge in [0.15, 0.2) is 0 Å². The Labute approximate surface area is 178 Å². The molecule has 0 saturated heterocycles. The molecular weight excluding hydrogens is 430 g/mol. The van der Waals surface area contributed by atoms with Gasteiger partial charge in [0.2, 0.25) is 5.91 Å². The van der Waals surface area contributed by atoms with E-state index in [-0.39, 0.29) is 12.0 Å². The van der Waals surface area contributed by atoms with Gasteiger partial charge in [0.25, 0.3) is 10.2 Å². The molecule has 0 radical (unpaired) electrons. The molecule has 11 heteroatoms. The summed E-state index contributed by atoms with van der Waals surface area (Å²) in [5.41, 5.74) is 1.81. The van der Waals surface area contributed by atoms with Crippen molar-refractivity contribution in [3.8, 4) is 0 Å². The molecule has 1 saturated carbocycles. The molecule has 1 aliphatic carbocycles. The van der Waals surface area contributed by atoms with E-state index in [0.717, 1.165) is 25.0 Å². The summed E-state index contributed by atoms with van der Waals surface area (Å²) in [4.78, 5) is 26.3. The lowest BCUT2D eigenvalue weighted by Crippen LogP contribution is -2.53. The van der Waals surface area contributed by atoms with Gasteiger partial charge in [-0.3, -0.25) is 4.79 Å². The number of nitrogens with zero attached hydrogens (tertiary/aromatic N) is 1. The summed E-state index contributed by atoms with van der Waals surface area (Å²) >= 11 is 0. The fourth-order valence-electron chi connectivity index (χ4n) is 3.23. The predicted molar refractivity (Wildman–Crippen MR) is 110 cm³/mol. The zero-order chi connectivity index (χ0) is 22.8. The van der Waals surface area contributed by atoms with Gasteiger partial charge >= 0.3 is 6.03 Å². The summed E-state index contributed by atoms with van der Waals surface area (Å²) in [5.74, 6) is -1.78. The quantitative estimate of drug-likeness (QED) is 0.594. The number of urea groups is 1. The zero-order valence-corrected chi connectivity index (χ0v) is 17.5. The molecule has 3 amide bonds. The van der Waals surface area contributed by atoms with Crippen molar-refractivity contribution in [1.29, 1.82) is 0 Å². The van der Waals surface area contributed by atoms with E-state index in [9.17, 15) is 26.8 Å². The predicted octanol–water partition coefficient (Wildman–Crippen LogP) is 1.92. The topological polar surface area (TPSA) is 122 Å². The molecule has 0 aliphatic heterocycles. The molecule has 0 unspecified atom stereocenters. The van der Waals surface area contributed by atoms with Crippen molar-refractivity contribution in [2.24, 2.45) is 5.14 Å². The fourth-order valence-corrected chi connectivity index (χ4v) is 3.55. The second-order valence-corrected chi connectivity index (χ2v) is 8.71. The van der Waals surface area contributed by atoms with Crippen LogP contribution in [-0.4, -0.2) is 33.4 Å². The number of anilines is 1. The lowest BCUT2D eigenvalue weighted by molar-refractivity contribution is -0.120. The molecule has 0 aromatic heterocycles. The SMILES string of the molecule is CN(C(=O)[C@H](Cc1cc(F)cc(F)c1)NC(=O)NS(N)(=O)=O)c1ccc(C2CC2)cc1. The largest absolute Gasteiger partial charge is 0.330 e. The maximum absolute atomic E-state index is 13.6. The van der Waals surface area contributed by atoms with Crippen LogP contribution in [0.15, 0.2) is 42.5 Å². The normalized spacial score (nSPS) is 14.6. The molecule has 2 aromatic rings. The Balaban J connectivity index is 1.81. The van der Waals surface area contributed by atoms with Crippen molar-refractivity contribution in [1.82, 2.24) is 10.0 Å². The molecule has 0 heterocycles. The molecule has 4 N–H and O–H groups in total. The molecule has 0 spiro atoms. The highest BCUT2D eigenvalue weighted by Crippen LogP contribution is 2.40. The van der Waals surface area contributed by atoms with Crippen LogP contribution in [-0.2, 0) is 21.4 Å². The van der Waals surface area contributed by atoms with Gasteiger partial charge in [-0.05, 0) is 54.2 Å². The zero-order valence-electron chi connectivity index (χ0n) is 16.6. The Hall–Kier alpha value is -3.05. The van der Waals surface area contributed by atoms with E-state index in [1.807, 2.05) is 12.1 Å². The van der Waals surface area contributed by atoms with Crippen LogP contribution in [0.3, 0.4) is 0 Å². The number of carbonyl (C=O) groups excluding carboxylic acids is 2. The molecule has 2 aromatic carbocycles. The van der Waals surface area contributed by atoms with Crippen LogP contribution in [0.5, 0.6) is 0 Å². The number of hydrogen-bond acceptors (Lipinski definition) is 4. The fraction of sp³-hybridized carbons (Fsp3) is 0.300. The lowest BCUT2D eigenvalue weighted by atomic mass is 10.0. The lowest BCUT2D eigenvalue weighted by Gasteiger charge is -2.25. The minimum absolute atomic E-state index is 0.101. The first-order chi connectivity index (χ1) is 14.5. The van der Waals surface area contributed by atoms with Gasteiger partial charge in [-0.2, -0.15) is 8.42 Å². The number of nitrogens with two attached hydrogens (primary N) is 1. The van der Waals surface area contributed by atoms with Crippen molar-refractivity contribution < 1.29 is 26.8 Å². The van der Waals surface area contributed by atoms with Crippen LogP contribution in [0.4, 0.5) is 19.3 Å². The standard InChI is InChI=1S/C20H22F2N4O4S/c1-26(17-6-4-14(5-7-17)13-2-3-13)19(27)18(24-20(28)25-31(23,29)30)10-12-8-15(21)11-16(22)9-12/h4-9,11,13,18H,2-3,10H2,1H3,(H2,23,29,30)(H2,24,25,28)/t18-/m0/s1. The van der Waals surface area contributed by atoms with Crippen LogP contribution in [0, 0.1) is 11.6 Å². The van der Waals surface area contributed by atoms with Gasteiger partial charge in [-0.15, -0.1) is 0 Å². The van der Waals surface area contributed by atoms with Gasteiger partial charge < -0.3 is 10.2 Å². The average molecular weight is 452 g/mol. The minimum Gasteiger partial charge on any atom is -0.325 e. The van der Waals surface area contributed by atoms with Crippen LogP contribution >= 0.6 is 0 Å². The van der Waals surface area contributed by atoms with E-state index in [1.54, 1.807) is 12.1 Å². The van der Waals surface area contributed by atoms with Crippen molar-refractivity contribution in [2.45, 2.75) is 31.2 Å². The second-order valence-electron chi connectivity index (χ2n) is 7.42. The van der Waals surface area contributed by atoms with E-state index in [1.165, 1.54) is 22.2 Å². The molecule has 1 aliphatic rings. The molecule has 1 atom stereocenters. The summed E-state index contributed by atoms with van der Waals surface area (Å²) in [7, 11) is -2.89. The summed E-state index contributed by atoms with van der Waals surface area (Å²) < 4.78 is 50.8. The number of halogens is 2. The highest BCUT2D eigenvalue weighted by molar-refractivity contribution is 7.87. The Kier molecular flexibility index (Phi) is 6.56. The van der Waals surface area contributed by atoms with Crippen LogP contribution in [0.1, 0.15) is 29.9 Å². The molecule has 31 heavy (non-hydrogen) atoms. The van der Waals surface area contributed by atoms with E-state index >= 15 is 0 Å². The summed E-state index contributed by atoms with van der Waals surface area (Å²) in [5, 5.41) is 6.99. The molecular formula is C20H22F2N4O4S. The Morgan fingerprint density at radius 1 is 1.13 bits per heavy atom. The van der Waals surface area contributed by atoms with Gasteiger partial charge in [-0.25, -0.2) is 23.4 Å². The molecule has 1 fully saturated rings. The number of likely N-dealkylation sites (N-methyl/N-ethyl adjacent to an activating group) is 1. The number of carbonyl (C=O) groups is 2. The first kappa shape index (κ1) is 22.6. The Morgan fingerprint density at radius 2 is 1.71 bits per heavy atom.